The molecule has 0 saturated carbocycles. The zero-order valence-corrected chi connectivity index (χ0v) is 36.4. The van der Waals surface area contributed by atoms with E-state index in [1.165, 1.54) is 0 Å². The average Bonchev–Trinajstić information content (AvgIpc) is 3.21. The summed E-state index contributed by atoms with van der Waals surface area (Å²) in [5.41, 5.74) is 5.32. The van der Waals surface area contributed by atoms with E-state index < -0.39 is 57.7 Å². The molecule has 0 saturated heterocycles. The molecule has 0 heterocycles. The third-order valence-corrected chi connectivity index (χ3v) is 9.32. The number of aliphatic hydroxyl groups is 1. The zero-order valence-electron chi connectivity index (χ0n) is 35.5. The van der Waals surface area contributed by atoms with Crippen molar-refractivity contribution >= 4 is 25.7 Å². The van der Waals surface area contributed by atoms with Crippen molar-refractivity contribution in [2.45, 2.75) is 147 Å². The minimum Gasteiger partial charge on any atom is -0.480 e. The Morgan fingerprint density at radius 2 is 0.983 bits per heavy atom. The number of aliphatic carboxylic acids is 1. The van der Waals surface area contributed by atoms with Crippen LogP contribution in [0.4, 0.5) is 0 Å². The molecule has 12 nitrogen and oxygen atoms in total. The average molecular weight is 848 g/mol. The Balaban J connectivity index is 4.53. The second-order valence-electron chi connectivity index (χ2n) is 13.8. The van der Waals surface area contributed by atoms with Gasteiger partial charge in [-0.25, -0.2) is 4.57 Å². The van der Waals surface area contributed by atoms with E-state index in [4.69, 9.17) is 29.9 Å². The number of phosphoric acid groups is 1. The normalized spacial score (nSPS) is 14.6. The van der Waals surface area contributed by atoms with E-state index in [1.54, 1.807) is 0 Å². The van der Waals surface area contributed by atoms with E-state index in [0.29, 0.717) is 19.3 Å². The number of allylic oxidation sites excluding steroid dienone is 16. The number of phosphoric ester groups is 1. The fourth-order valence-corrected chi connectivity index (χ4v) is 5.80. The van der Waals surface area contributed by atoms with E-state index in [0.717, 1.165) is 96.3 Å². The highest BCUT2D eigenvalue weighted by Gasteiger charge is 2.28. The Morgan fingerprint density at radius 1 is 0.559 bits per heavy atom. The molecule has 59 heavy (non-hydrogen) atoms. The molecule has 0 radical (unpaired) electrons. The summed E-state index contributed by atoms with van der Waals surface area (Å²) in [6, 6.07) is -1.54. The first kappa shape index (κ1) is 55.4. The van der Waals surface area contributed by atoms with Gasteiger partial charge in [0.05, 0.1) is 13.2 Å². The summed E-state index contributed by atoms with van der Waals surface area (Å²) in [5, 5.41) is 17.7. The first-order valence-electron chi connectivity index (χ1n) is 21.4. The van der Waals surface area contributed by atoms with Gasteiger partial charge in [-0.15, -0.1) is 0 Å². The largest absolute Gasteiger partial charge is 0.480 e. The number of hydrogen-bond acceptors (Lipinski definition) is 10. The van der Waals surface area contributed by atoms with Gasteiger partial charge >= 0.3 is 25.7 Å². The molecule has 1 unspecified atom stereocenters. The quantitative estimate of drug-likeness (QED) is 0.0198. The van der Waals surface area contributed by atoms with Crippen LogP contribution in [0.15, 0.2) is 97.2 Å². The Labute approximate surface area is 354 Å². The van der Waals surface area contributed by atoms with Crippen LogP contribution in [-0.2, 0) is 37.5 Å². The third-order valence-electron chi connectivity index (χ3n) is 8.37. The summed E-state index contributed by atoms with van der Waals surface area (Å²) in [4.78, 5) is 45.9. The molecule has 0 aromatic rings. The molecule has 0 aliphatic rings. The molecule has 0 aromatic heterocycles. The lowest BCUT2D eigenvalue weighted by Crippen LogP contribution is -2.34. The lowest BCUT2D eigenvalue weighted by molar-refractivity contribution is -0.161. The number of nitrogens with two attached hydrogens (primary N) is 1. The molecule has 0 aromatic carbocycles. The van der Waals surface area contributed by atoms with Crippen molar-refractivity contribution in [2.24, 2.45) is 5.73 Å². The Hall–Kier alpha value is -3.64. The molecular weight excluding hydrogens is 773 g/mol. The molecule has 0 aliphatic carbocycles. The minimum absolute atomic E-state index is 0.110. The Morgan fingerprint density at radius 3 is 1.47 bits per heavy atom. The van der Waals surface area contributed by atoms with Gasteiger partial charge in [0, 0.05) is 19.4 Å². The van der Waals surface area contributed by atoms with Crippen molar-refractivity contribution in [1.82, 2.24) is 0 Å². The molecule has 5 N–H and O–H groups in total. The number of carboxylic acids is 1. The van der Waals surface area contributed by atoms with Gasteiger partial charge in [-0.1, -0.05) is 123 Å². The highest BCUT2D eigenvalue weighted by atomic mass is 31.2. The molecular formula is C46H74NO11P. The Kier molecular flexibility index (Phi) is 38.6. The highest BCUT2D eigenvalue weighted by Crippen LogP contribution is 2.43. The standard InChI is InChI=1S/C46H74NO11P/c1-2-3-4-5-6-7-8-9-10-12-16-19-22-25-28-31-34-37-45(50)58-42(40-56-59(53,54)57-41-43(47)46(51)52)39-55-44(49)36-33-30-27-24-21-18-15-13-11-14-17-20-23-26-29-32-35-38-48/h3-4,6-7,9-11,14-16,18-20,23-24,27,42-43,48H,2,5,8,12-13,17,21-22,25-26,28-41,47H2,1H3,(H,51,52)(H,53,54)/b4-3-,7-6-,10-9-,14-11-,18-15-,19-16-,23-20-,27-24-/t42-,43+/m1/s1. The first-order valence-corrected chi connectivity index (χ1v) is 22.9. The summed E-state index contributed by atoms with van der Waals surface area (Å²) in [5.74, 6) is -2.52. The third kappa shape index (κ3) is 40.9. The van der Waals surface area contributed by atoms with Crippen LogP contribution < -0.4 is 5.73 Å². The number of esters is 2. The van der Waals surface area contributed by atoms with Gasteiger partial charge in [-0.3, -0.25) is 23.4 Å². The van der Waals surface area contributed by atoms with Gasteiger partial charge < -0.3 is 30.3 Å². The van der Waals surface area contributed by atoms with Crippen LogP contribution in [0.1, 0.15) is 135 Å². The predicted molar refractivity (Wildman–Crippen MR) is 236 cm³/mol. The van der Waals surface area contributed by atoms with Crippen molar-refractivity contribution < 1.29 is 52.6 Å². The maximum atomic E-state index is 12.6. The molecule has 0 bridgehead atoms. The van der Waals surface area contributed by atoms with E-state index >= 15 is 0 Å². The second-order valence-corrected chi connectivity index (χ2v) is 15.3. The molecule has 3 atom stereocenters. The van der Waals surface area contributed by atoms with Gasteiger partial charge in [0.1, 0.15) is 12.6 Å². The van der Waals surface area contributed by atoms with Gasteiger partial charge in [0.15, 0.2) is 6.10 Å². The number of carboxylic acid groups (broad SMARTS) is 1. The second kappa shape index (κ2) is 41.1. The maximum absolute atomic E-state index is 12.6. The van der Waals surface area contributed by atoms with E-state index in [-0.39, 0.29) is 19.4 Å². The number of carbonyl (C=O) groups excluding carboxylic acids is 2. The molecule has 13 heteroatoms. The van der Waals surface area contributed by atoms with Crippen molar-refractivity contribution in [2.75, 3.05) is 26.4 Å². The number of hydrogen-bond donors (Lipinski definition) is 4. The molecule has 0 amide bonds. The predicted octanol–water partition coefficient (Wildman–Crippen LogP) is 10.3. The monoisotopic (exact) mass is 847 g/mol. The van der Waals surface area contributed by atoms with Crippen LogP contribution in [0, 0.1) is 0 Å². The number of aliphatic hydroxyl groups excluding tert-OH is 1. The maximum Gasteiger partial charge on any atom is 0.472 e. The molecule has 0 fully saturated rings. The highest BCUT2D eigenvalue weighted by molar-refractivity contribution is 7.47. The summed E-state index contributed by atoms with van der Waals surface area (Å²) in [6.45, 7) is 0.588. The number of unbranched alkanes of at least 4 members (excludes halogenated alkanes) is 8. The van der Waals surface area contributed by atoms with Gasteiger partial charge in [0.2, 0.25) is 0 Å². The van der Waals surface area contributed by atoms with Gasteiger partial charge in [-0.2, -0.15) is 0 Å². The van der Waals surface area contributed by atoms with Gasteiger partial charge in [0.25, 0.3) is 0 Å². The van der Waals surface area contributed by atoms with Crippen molar-refractivity contribution in [3.05, 3.63) is 97.2 Å². The van der Waals surface area contributed by atoms with Crippen LogP contribution >= 0.6 is 7.82 Å². The van der Waals surface area contributed by atoms with Gasteiger partial charge in [-0.05, 0) is 96.3 Å². The van der Waals surface area contributed by atoms with Crippen LogP contribution in [-0.4, -0.2) is 71.6 Å². The van der Waals surface area contributed by atoms with E-state index in [2.05, 4.69) is 96.5 Å². The minimum atomic E-state index is -4.75. The zero-order chi connectivity index (χ0) is 43.5. The fraction of sp³-hybridized carbons (Fsp3) is 0.587. The fourth-order valence-electron chi connectivity index (χ4n) is 5.03. The van der Waals surface area contributed by atoms with Crippen LogP contribution in [0.25, 0.3) is 0 Å². The number of carbonyl (C=O) groups is 3. The molecule has 0 rings (SSSR count). The first-order chi connectivity index (χ1) is 28.6. The van der Waals surface area contributed by atoms with Crippen LogP contribution in [0.3, 0.4) is 0 Å². The van der Waals surface area contributed by atoms with Crippen molar-refractivity contribution in [1.29, 1.82) is 0 Å². The topological polar surface area (TPSA) is 192 Å². The van der Waals surface area contributed by atoms with E-state index in [9.17, 15) is 23.8 Å². The molecule has 334 valence electrons. The summed E-state index contributed by atoms with van der Waals surface area (Å²) >= 11 is 0. The summed E-state index contributed by atoms with van der Waals surface area (Å²) in [7, 11) is -4.75. The summed E-state index contributed by atoms with van der Waals surface area (Å²) in [6.07, 6.45) is 49.2. The van der Waals surface area contributed by atoms with E-state index in [1.807, 2.05) is 12.2 Å². The van der Waals surface area contributed by atoms with Crippen molar-refractivity contribution in [3.63, 3.8) is 0 Å². The number of ether oxygens (including phenoxy) is 2. The number of rotatable bonds is 39. The molecule has 0 spiro atoms. The lowest BCUT2D eigenvalue weighted by Gasteiger charge is -2.20. The van der Waals surface area contributed by atoms with Crippen LogP contribution in [0.2, 0.25) is 0 Å². The smallest absolute Gasteiger partial charge is 0.472 e. The molecule has 0 aliphatic heterocycles. The van der Waals surface area contributed by atoms with Crippen molar-refractivity contribution in [3.8, 4) is 0 Å². The summed E-state index contributed by atoms with van der Waals surface area (Å²) < 4.78 is 32.6. The SMILES string of the molecule is CC/C=C\C/C=C\C/C=C\C/C=C\CCCCCCC(=O)O[C@H](COC(=O)CCC/C=C\C/C=C\C/C=C\C/C=C\CCCCCO)COP(=O)(O)OC[C@H](N)C(=O)O. The Bertz CT molecular complexity index is 1370. The lowest BCUT2D eigenvalue weighted by atomic mass is 10.1. The van der Waals surface area contributed by atoms with Crippen LogP contribution in [0.5, 0.6) is 0 Å².